The summed E-state index contributed by atoms with van der Waals surface area (Å²) in [5.41, 5.74) is 1.46. The molecule has 0 aliphatic rings. The highest BCUT2D eigenvalue weighted by Gasteiger charge is 2.14. The molecule has 0 aliphatic heterocycles. The molecule has 0 saturated carbocycles. The van der Waals surface area contributed by atoms with Crippen molar-refractivity contribution in [1.29, 1.82) is 0 Å². The first-order chi connectivity index (χ1) is 8.99. The summed E-state index contributed by atoms with van der Waals surface area (Å²) in [6.07, 6.45) is 0. The molecule has 0 spiro atoms. The van der Waals surface area contributed by atoms with E-state index in [1.54, 1.807) is 42.5 Å². The molecule has 0 bridgehead atoms. The molecule has 0 amide bonds. The second-order valence-corrected chi connectivity index (χ2v) is 5.46. The standard InChI is InChI=1S/C14H14O3S/c1-12-7-9-14(10-8-12)18(15,16)17-11-13-5-3-2-4-6-13/h2-10H,11H2,1H3/i11D/t11-/m0/s1. The van der Waals surface area contributed by atoms with E-state index in [1.807, 2.05) is 6.92 Å². The Balaban J connectivity index is 2.20. The predicted molar refractivity (Wildman–Crippen MR) is 69.6 cm³/mol. The van der Waals surface area contributed by atoms with Crippen LogP contribution >= 0.6 is 0 Å². The zero-order valence-corrected chi connectivity index (χ0v) is 10.7. The molecule has 18 heavy (non-hydrogen) atoms. The number of rotatable bonds is 4. The Kier molecular flexibility index (Phi) is 3.39. The van der Waals surface area contributed by atoms with Crippen molar-refractivity contribution in [3.8, 4) is 0 Å². The van der Waals surface area contributed by atoms with E-state index in [4.69, 9.17) is 5.55 Å². The molecule has 2 aromatic carbocycles. The Labute approximate surface area is 109 Å². The minimum atomic E-state index is -3.91. The van der Waals surface area contributed by atoms with Crippen molar-refractivity contribution >= 4 is 10.1 Å². The molecule has 2 rings (SSSR count). The van der Waals surface area contributed by atoms with E-state index >= 15 is 0 Å². The first-order valence-corrected chi connectivity index (χ1v) is 6.87. The van der Waals surface area contributed by atoms with Crippen LogP contribution in [0.1, 0.15) is 12.5 Å². The largest absolute Gasteiger partial charge is 0.297 e. The minimum Gasteiger partial charge on any atom is -0.262 e. The Morgan fingerprint density at radius 2 is 1.67 bits per heavy atom. The Morgan fingerprint density at radius 1 is 1.06 bits per heavy atom. The summed E-state index contributed by atoms with van der Waals surface area (Å²) in [6, 6.07) is 14.9. The molecule has 3 nitrogen and oxygen atoms in total. The van der Waals surface area contributed by atoms with Gasteiger partial charge in [0.25, 0.3) is 10.1 Å². The number of hydrogen-bond donors (Lipinski definition) is 0. The van der Waals surface area contributed by atoms with Crippen molar-refractivity contribution in [2.45, 2.75) is 18.4 Å². The van der Waals surface area contributed by atoms with Crippen LogP contribution in [0.25, 0.3) is 0 Å². The molecule has 0 radical (unpaired) electrons. The molecule has 4 heteroatoms. The number of hydrogen-bond acceptors (Lipinski definition) is 3. The average molecular weight is 263 g/mol. The predicted octanol–water partition coefficient (Wildman–Crippen LogP) is 2.90. The van der Waals surface area contributed by atoms with Crippen molar-refractivity contribution in [2.75, 3.05) is 0 Å². The van der Waals surface area contributed by atoms with Crippen molar-refractivity contribution in [3.63, 3.8) is 0 Å². The van der Waals surface area contributed by atoms with Crippen LogP contribution in [0.2, 0.25) is 0 Å². The van der Waals surface area contributed by atoms with Gasteiger partial charge in [-0.1, -0.05) is 48.0 Å². The van der Waals surface area contributed by atoms with Gasteiger partial charge in [-0.25, -0.2) is 0 Å². The summed E-state index contributed by atoms with van der Waals surface area (Å²) in [5, 5.41) is 0. The van der Waals surface area contributed by atoms with Gasteiger partial charge in [-0.3, -0.25) is 4.18 Å². The van der Waals surface area contributed by atoms with Gasteiger partial charge >= 0.3 is 0 Å². The Hall–Kier alpha value is -1.65. The summed E-state index contributed by atoms with van der Waals surface area (Å²) in [7, 11) is -3.91. The van der Waals surface area contributed by atoms with Crippen LogP contribution in [0.4, 0.5) is 0 Å². The van der Waals surface area contributed by atoms with Gasteiger partial charge < -0.3 is 0 Å². The lowest BCUT2D eigenvalue weighted by Gasteiger charge is -2.06. The van der Waals surface area contributed by atoms with Gasteiger partial charge in [-0.05, 0) is 24.6 Å². The van der Waals surface area contributed by atoms with Gasteiger partial charge in [0, 0.05) is 0 Å². The fourth-order valence-corrected chi connectivity index (χ4v) is 2.23. The quantitative estimate of drug-likeness (QED) is 0.797. The van der Waals surface area contributed by atoms with E-state index in [-0.39, 0.29) is 4.90 Å². The SMILES string of the molecule is [2H][C@H](OS(=O)(=O)c1ccc(C)cc1)c1ccccc1. The van der Waals surface area contributed by atoms with Gasteiger partial charge in [-0.2, -0.15) is 8.42 Å². The van der Waals surface area contributed by atoms with Crippen LogP contribution in [0.15, 0.2) is 59.5 Å². The Morgan fingerprint density at radius 3 is 2.28 bits per heavy atom. The zero-order valence-electron chi connectivity index (χ0n) is 10.9. The van der Waals surface area contributed by atoms with Crippen LogP contribution in [-0.2, 0) is 20.9 Å². The van der Waals surface area contributed by atoms with Crippen LogP contribution in [0.5, 0.6) is 0 Å². The van der Waals surface area contributed by atoms with Crippen molar-refractivity contribution in [3.05, 3.63) is 65.7 Å². The van der Waals surface area contributed by atoms with Crippen LogP contribution < -0.4 is 0 Å². The van der Waals surface area contributed by atoms with E-state index in [2.05, 4.69) is 0 Å². The third kappa shape index (κ3) is 3.18. The first-order valence-electron chi connectivity index (χ1n) is 6.04. The third-order valence-electron chi connectivity index (χ3n) is 2.42. The zero-order chi connectivity index (χ0) is 13.9. The molecule has 94 valence electrons. The van der Waals surface area contributed by atoms with Crippen LogP contribution in [0.3, 0.4) is 0 Å². The fourth-order valence-electron chi connectivity index (χ4n) is 1.41. The smallest absolute Gasteiger partial charge is 0.262 e. The molecular formula is C14H14O3S. The monoisotopic (exact) mass is 263 g/mol. The van der Waals surface area contributed by atoms with Gasteiger partial charge in [0.15, 0.2) is 0 Å². The van der Waals surface area contributed by atoms with Crippen molar-refractivity contribution in [2.24, 2.45) is 0 Å². The summed E-state index contributed by atoms with van der Waals surface area (Å²) >= 11 is 0. The van der Waals surface area contributed by atoms with Gasteiger partial charge in [-0.15, -0.1) is 0 Å². The van der Waals surface area contributed by atoms with Gasteiger partial charge in [0.05, 0.1) is 12.8 Å². The van der Waals surface area contributed by atoms with Crippen LogP contribution in [0, 0.1) is 6.92 Å². The second kappa shape index (κ2) is 5.33. The van der Waals surface area contributed by atoms with Crippen molar-refractivity contribution < 1.29 is 14.0 Å². The summed E-state index contributed by atoms with van der Waals surface area (Å²) < 4.78 is 36.6. The number of aryl methyl sites for hydroxylation is 1. The topological polar surface area (TPSA) is 43.4 Å². The van der Waals surface area contributed by atoms with E-state index in [9.17, 15) is 8.42 Å². The van der Waals surface area contributed by atoms with E-state index in [0.29, 0.717) is 5.56 Å². The highest BCUT2D eigenvalue weighted by atomic mass is 32.2. The van der Waals surface area contributed by atoms with E-state index in [0.717, 1.165) is 5.56 Å². The fraction of sp³-hybridized carbons (Fsp3) is 0.143. The summed E-state index contributed by atoms with van der Waals surface area (Å²) in [6.45, 7) is 0.613. The lowest BCUT2D eigenvalue weighted by Crippen LogP contribution is -2.06. The Bertz CT molecular complexity index is 636. The van der Waals surface area contributed by atoms with Crippen LogP contribution in [-0.4, -0.2) is 8.42 Å². The van der Waals surface area contributed by atoms with Gasteiger partial charge in [0.1, 0.15) is 0 Å². The minimum absolute atomic E-state index is 0.0614. The lowest BCUT2D eigenvalue weighted by molar-refractivity contribution is 0.308. The maximum absolute atomic E-state index is 12.0. The molecule has 1 atom stereocenters. The normalized spacial score (nSPS) is 13.9. The molecule has 0 aromatic heterocycles. The molecule has 0 N–H and O–H groups in total. The highest BCUT2D eigenvalue weighted by Crippen LogP contribution is 2.15. The van der Waals surface area contributed by atoms with E-state index in [1.165, 1.54) is 12.1 Å². The second-order valence-electron chi connectivity index (χ2n) is 3.89. The van der Waals surface area contributed by atoms with Crippen molar-refractivity contribution in [1.82, 2.24) is 0 Å². The third-order valence-corrected chi connectivity index (χ3v) is 3.62. The number of benzene rings is 2. The van der Waals surface area contributed by atoms with E-state index < -0.39 is 16.7 Å². The molecule has 0 fully saturated rings. The van der Waals surface area contributed by atoms with Gasteiger partial charge in [0.2, 0.25) is 0 Å². The molecule has 0 saturated heterocycles. The molecule has 0 unspecified atom stereocenters. The maximum Gasteiger partial charge on any atom is 0.297 e. The maximum atomic E-state index is 12.0. The summed E-state index contributed by atoms with van der Waals surface area (Å²) in [5.74, 6) is 0. The first kappa shape index (κ1) is 11.4. The molecule has 0 aliphatic carbocycles. The molecular weight excluding hydrogens is 248 g/mol. The molecule has 2 aromatic rings. The molecule has 0 heterocycles. The summed E-state index contributed by atoms with van der Waals surface area (Å²) in [4.78, 5) is 0.0614. The lowest BCUT2D eigenvalue weighted by atomic mass is 10.2. The average Bonchev–Trinajstić information content (AvgIpc) is 2.40. The highest BCUT2D eigenvalue weighted by molar-refractivity contribution is 7.86.